The van der Waals surface area contributed by atoms with E-state index in [-0.39, 0.29) is 24.6 Å². The number of esters is 1. The molecule has 1 aliphatic heterocycles. The van der Waals surface area contributed by atoms with Crippen molar-refractivity contribution in [2.24, 2.45) is 0 Å². The number of fused-ring (bicyclic) bond motifs is 1. The van der Waals surface area contributed by atoms with Crippen molar-refractivity contribution in [2.75, 3.05) is 25.6 Å². The number of amides is 2. The van der Waals surface area contributed by atoms with Crippen molar-refractivity contribution in [1.29, 1.82) is 0 Å². The number of thiophene rings is 1. The summed E-state index contributed by atoms with van der Waals surface area (Å²) in [5.41, 5.74) is 2.95. The zero-order chi connectivity index (χ0) is 24.1. The summed E-state index contributed by atoms with van der Waals surface area (Å²) >= 11 is 1.21. The summed E-state index contributed by atoms with van der Waals surface area (Å²) in [5.74, 6) is -0.0793. The first-order chi connectivity index (χ1) is 16.4. The van der Waals surface area contributed by atoms with Gasteiger partial charge in [-0.3, -0.25) is 0 Å². The second-order valence-electron chi connectivity index (χ2n) is 7.81. The SMILES string of the molecule is COC(=O)c1sccc1NC(=O)N1CCOc2ccc(C(C)OCc3cccc(F)c3)cc2C1. The van der Waals surface area contributed by atoms with Crippen LogP contribution in [0.5, 0.6) is 5.75 Å². The molecule has 2 amide bonds. The number of rotatable bonds is 6. The largest absolute Gasteiger partial charge is 0.491 e. The number of ether oxygens (including phenoxy) is 3. The third kappa shape index (κ3) is 5.55. The van der Waals surface area contributed by atoms with Gasteiger partial charge >= 0.3 is 12.0 Å². The van der Waals surface area contributed by atoms with E-state index in [1.54, 1.807) is 22.4 Å². The van der Waals surface area contributed by atoms with Gasteiger partial charge in [-0.15, -0.1) is 11.3 Å². The fourth-order valence-electron chi connectivity index (χ4n) is 3.64. The summed E-state index contributed by atoms with van der Waals surface area (Å²) in [5, 5.41) is 4.52. The normalized spacial score (nSPS) is 13.9. The number of hydrogen-bond donors (Lipinski definition) is 1. The Labute approximate surface area is 201 Å². The van der Waals surface area contributed by atoms with E-state index in [4.69, 9.17) is 14.2 Å². The molecule has 1 atom stereocenters. The fourth-order valence-corrected chi connectivity index (χ4v) is 4.40. The minimum atomic E-state index is -0.494. The van der Waals surface area contributed by atoms with Crippen LogP contribution in [0.15, 0.2) is 53.9 Å². The van der Waals surface area contributed by atoms with E-state index in [0.29, 0.717) is 36.0 Å². The molecule has 2 aromatic carbocycles. The Hall–Kier alpha value is -3.43. The van der Waals surface area contributed by atoms with Crippen molar-refractivity contribution in [3.8, 4) is 5.75 Å². The van der Waals surface area contributed by atoms with E-state index >= 15 is 0 Å². The first-order valence-corrected chi connectivity index (χ1v) is 11.7. The number of benzene rings is 2. The number of nitrogens with one attached hydrogen (secondary N) is 1. The summed E-state index contributed by atoms with van der Waals surface area (Å²) in [6.07, 6.45) is -0.243. The van der Waals surface area contributed by atoms with Crippen LogP contribution in [-0.2, 0) is 22.6 Å². The van der Waals surface area contributed by atoms with Crippen LogP contribution in [0.1, 0.15) is 39.4 Å². The average Bonchev–Trinajstić information content (AvgIpc) is 3.18. The molecule has 0 radical (unpaired) electrons. The lowest BCUT2D eigenvalue weighted by Crippen LogP contribution is -2.36. The summed E-state index contributed by atoms with van der Waals surface area (Å²) in [4.78, 5) is 26.8. The second kappa shape index (κ2) is 10.7. The Morgan fingerprint density at radius 2 is 2.09 bits per heavy atom. The molecule has 0 saturated heterocycles. The molecule has 178 valence electrons. The van der Waals surface area contributed by atoms with Crippen molar-refractivity contribution >= 4 is 29.0 Å². The smallest absolute Gasteiger partial charge is 0.350 e. The fraction of sp³-hybridized carbons (Fsp3) is 0.280. The van der Waals surface area contributed by atoms with Gasteiger partial charge in [-0.05, 0) is 53.8 Å². The molecule has 1 aliphatic rings. The highest BCUT2D eigenvalue weighted by atomic mass is 32.1. The van der Waals surface area contributed by atoms with Crippen LogP contribution in [0.3, 0.4) is 0 Å². The summed E-state index contributed by atoms with van der Waals surface area (Å²) < 4.78 is 30.0. The van der Waals surface area contributed by atoms with Crippen molar-refractivity contribution in [3.63, 3.8) is 0 Å². The Kier molecular flexibility index (Phi) is 7.44. The molecule has 3 aromatic rings. The Morgan fingerprint density at radius 1 is 1.24 bits per heavy atom. The number of carbonyl (C=O) groups is 2. The minimum Gasteiger partial charge on any atom is -0.491 e. The number of methoxy groups -OCH3 is 1. The maximum absolute atomic E-state index is 13.4. The maximum Gasteiger partial charge on any atom is 0.350 e. The second-order valence-corrected chi connectivity index (χ2v) is 8.72. The van der Waals surface area contributed by atoms with Crippen LogP contribution in [-0.4, -0.2) is 37.2 Å². The van der Waals surface area contributed by atoms with Crippen LogP contribution in [0, 0.1) is 5.82 Å². The predicted molar refractivity (Wildman–Crippen MR) is 127 cm³/mol. The van der Waals surface area contributed by atoms with E-state index in [2.05, 4.69) is 5.32 Å². The Morgan fingerprint density at radius 3 is 2.88 bits per heavy atom. The van der Waals surface area contributed by atoms with Gasteiger partial charge in [0.2, 0.25) is 0 Å². The van der Waals surface area contributed by atoms with Crippen molar-refractivity contribution in [2.45, 2.75) is 26.2 Å². The summed E-state index contributed by atoms with van der Waals surface area (Å²) in [7, 11) is 1.30. The predicted octanol–water partition coefficient (Wildman–Crippen LogP) is 5.38. The van der Waals surface area contributed by atoms with Gasteiger partial charge in [-0.25, -0.2) is 14.0 Å². The van der Waals surface area contributed by atoms with Crippen LogP contribution < -0.4 is 10.1 Å². The van der Waals surface area contributed by atoms with Gasteiger partial charge in [0.05, 0.1) is 38.6 Å². The third-order valence-corrected chi connectivity index (χ3v) is 6.38. The van der Waals surface area contributed by atoms with E-state index < -0.39 is 5.97 Å². The zero-order valence-electron chi connectivity index (χ0n) is 18.9. The molecule has 0 spiro atoms. The molecule has 9 heteroatoms. The number of halogens is 1. The van der Waals surface area contributed by atoms with E-state index in [0.717, 1.165) is 16.7 Å². The quantitative estimate of drug-likeness (QED) is 0.476. The van der Waals surface area contributed by atoms with Crippen molar-refractivity contribution in [1.82, 2.24) is 4.90 Å². The van der Waals surface area contributed by atoms with Gasteiger partial charge in [-0.1, -0.05) is 18.2 Å². The van der Waals surface area contributed by atoms with E-state index in [1.165, 1.54) is 30.6 Å². The molecule has 2 heterocycles. The summed E-state index contributed by atoms with van der Waals surface area (Å²) in [6, 6.07) is 13.4. The van der Waals surface area contributed by atoms with Gasteiger partial charge < -0.3 is 24.4 Å². The van der Waals surface area contributed by atoms with Gasteiger partial charge in [0.1, 0.15) is 23.1 Å². The van der Waals surface area contributed by atoms with Crippen molar-refractivity contribution in [3.05, 3.63) is 81.3 Å². The molecule has 4 rings (SSSR count). The van der Waals surface area contributed by atoms with Crippen molar-refractivity contribution < 1.29 is 28.2 Å². The van der Waals surface area contributed by atoms with Gasteiger partial charge in [-0.2, -0.15) is 0 Å². The summed E-state index contributed by atoms with van der Waals surface area (Å²) in [6.45, 7) is 3.28. The Balaban J connectivity index is 1.44. The van der Waals surface area contributed by atoms with Crippen LogP contribution in [0.2, 0.25) is 0 Å². The highest BCUT2D eigenvalue weighted by Gasteiger charge is 2.23. The number of nitrogens with zero attached hydrogens (tertiary/aromatic N) is 1. The molecular formula is C25H25FN2O5S. The molecular weight excluding hydrogens is 459 g/mol. The standard InChI is InChI=1S/C25H25FN2O5S/c1-16(33-15-17-4-3-5-20(26)12-17)18-6-7-22-19(13-18)14-28(9-10-32-22)25(30)27-21-8-11-34-23(21)24(29)31-2/h3-8,11-13,16H,9-10,14-15H2,1-2H3,(H,27,30). The van der Waals surface area contributed by atoms with Gasteiger partial charge in [0, 0.05) is 5.56 Å². The molecule has 1 aromatic heterocycles. The molecule has 7 nitrogen and oxygen atoms in total. The average molecular weight is 485 g/mol. The number of hydrogen-bond acceptors (Lipinski definition) is 6. The van der Waals surface area contributed by atoms with E-state index in [9.17, 15) is 14.0 Å². The first kappa shape index (κ1) is 23.7. The molecule has 1 N–H and O–H groups in total. The maximum atomic E-state index is 13.4. The highest BCUT2D eigenvalue weighted by molar-refractivity contribution is 7.12. The number of carbonyl (C=O) groups excluding carboxylic acids is 2. The first-order valence-electron chi connectivity index (χ1n) is 10.8. The topological polar surface area (TPSA) is 77.1 Å². The molecule has 0 aliphatic carbocycles. The minimum absolute atomic E-state index is 0.243. The lowest BCUT2D eigenvalue weighted by molar-refractivity contribution is 0.0523. The van der Waals surface area contributed by atoms with Crippen LogP contribution in [0.4, 0.5) is 14.9 Å². The van der Waals surface area contributed by atoms with Crippen LogP contribution >= 0.6 is 11.3 Å². The van der Waals surface area contributed by atoms with Crippen LogP contribution in [0.25, 0.3) is 0 Å². The van der Waals surface area contributed by atoms with Gasteiger partial charge in [0.15, 0.2) is 0 Å². The van der Waals surface area contributed by atoms with Gasteiger partial charge in [0.25, 0.3) is 0 Å². The monoisotopic (exact) mass is 484 g/mol. The molecule has 0 saturated carbocycles. The molecule has 0 bridgehead atoms. The number of anilines is 1. The highest BCUT2D eigenvalue weighted by Crippen LogP contribution is 2.29. The lowest BCUT2D eigenvalue weighted by atomic mass is 10.1. The zero-order valence-corrected chi connectivity index (χ0v) is 19.7. The molecule has 1 unspecified atom stereocenters. The number of urea groups is 1. The third-order valence-electron chi connectivity index (χ3n) is 5.49. The molecule has 34 heavy (non-hydrogen) atoms. The molecule has 0 fully saturated rings. The lowest BCUT2D eigenvalue weighted by Gasteiger charge is -2.21. The van der Waals surface area contributed by atoms with E-state index in [1.807, 2.05) is 31.2 Å². The Bertz CT molecular complexity index is 1180.